The third kappa shape index (κ3) is 8.41. The summed E-state index contributed by atoms with van der Waals surface area (Å²) in [5.41, 5.74) is 0. The number of carbonyl (C=O) groups is 1. The van der Waals surface area contributed by atoms with Gasteiger partial charge in [0.15, 0.2) is 0 Å². The van der Waals surface area contributed by atoms with Crippen molar-refractivity contribution in [2.75, 3.05) is 12.4 Å². The van der Waals surface area contributed by atoms with Crippen molar-refractivity contribution in [1.29, 1.82) is 0 Å². The van der Waals surface area contributed by atoms with Crippen LogP contribution in [0.2, 0.25) is 0 Å². The van der Waals surface area contributed by atoms with Crippen molar-refractivity contribution in [1.82, 2.24) is 0 Å². The molecule has 1 atom stereocenters. The first-order chi connectivity index (χ1) is 7.99. The first-order valence-electron chi connectivity index (χ1n) is 6.05. The van der Waals surface area contributed by atoms with Crippen LogP contribution in [-0.4, -0.2) is 30.0 Å². The lowest BCUT2D eigenvalue weighted by Gasteiger charge is -2.18. The zero-order valence-electron chi connectivity index (χ0n) is 10.7. The monoisotopic (exact) mass is 268 g/mol. The van der Waals surface area contributed by atoms with Crippen LogP contribution in [0.25, 0.3) is 0 Å². The van der Waals surface area contributed by atoms with E-state index in [-0.39, 0.29) is 23.6 Å². The molecule has 102 valence electrons. The Labute approximate surface area is 106 Å². The van der Waals surface area contributed by atoms with Crippen molar-refractivity contribution in [3.8, 4) is 0 Å². The van der Waals surface area contributed by atoms with Crippen LogP contribution in [-0.2, 0) is 9.53 Å². The van der Waals surface area contributed by atoms with Gasteiger partial charge >= 0.3 is 5.97 Å². The maximum atomic E-state index is 11.9. The van der Waals surface area contributed by atoms with Gasteiger partial charge in [0.25, 0.3) is 0 Å². The number of unbranched alkanes of at least 4 members (excludes halogenated alkanes) is 1. The third-order valence-corrected chi connectivity index (χ3v) is 3.86. The van der Waals surface area contributed by atoms with Gasteiger partial charge in [-0.3, -0.25) is 4.79 Å². The second-order valence-corrected chi connectivity index (χ2v) is 5.42. The van der Waals surface area contributed by atoms with Gasteiger partial charge in [0.2, 0.25) is 6.43 Å². The van der Waals surface area contributed by atoms with Crippen molar-refractivity contribution in [3.05, 3.63) is 0 Å². The Bertz CT molecular complexity index is 211. The molecule has 0 aliphatic carbocycles. The molecule has 1 unspecified atom stereocenters. The largest absolute Gasteiger partial charge is 0.465 e. The minimum atomic E-state index is -2.22. The summed E-state index contributed by atoms with van der Waals surface area (Å²) in [4.78, 5) is 11.6. The summed E-state index contributed by atoms with van der Waals surface area (Å²) in [7, 11) is 0. The van der Waals surface area contributed by atoms with Crippen molar-refractivity contribution < 1.29 is 18.3 Å². The zero-order valence-corrected chi connectivity index (χ0v) is 11.6. The molecule has 0 aromatic rings. The maximum Gasteiger partial charge on any atom is 0.319 e. The van der Waals surface area contributed by atoms with Crippen LogP contribution in [0, 0.1) is 5.92 Å². The molecule has 0 aromatic carbocycles. The van der Waals surface area contributed by atoms with Crippen molar-refractivity contribution in [2.24, 2.45) is 5.92 Å². The van der Waals surface area contributed by atoms with E-state index in [1.165, 1.54) is 11.8 Å². The molecule has 0 aliphatic rings. The third-order valence-electron chi connectivity index (χ3n) is 2.24. The van der Waals surface area contributed by atoms with E-state index in [9.17, 15) is 13.6 Å². The summed E-state index contributed by atoms with van der Waals surface area (Å²) < 4.78 is 28.8. The molecule has 0 saturated carbocycles. The predicted octanol–water partition coefficient (Wildman–Crippen LogP) is 3.74. The highest BCUT2D eigenvalue weighted by Crippen LogP contribution is 2.22. The molecule has 0 rings (SSSR count). The number of halogens is 2. The minimum Gasteiger partial charge on any atom is -0.465 e. The summed E-state index contributed by atoms with van der Waals surface area (Å²) in [5, 5.41) is -0.179. The average Bonchev–Trinajstić information content (AvgIpc) is 2.22. The van der Waals surface area contributed by atoms with Gasteiger partial charge in [0.05, 0.1) is 6.61 Å². The van der Waals surface area contributed by atoms with E-state index >= 15 is 0 Å². The standard InChI is InChI=1S/C12H22F2O2S/c1-4-16-12(15)11(9(2)3)17-8-6-5-7-10(13)14/h9-11H,4-8H2,1-3H3. The summed E-state index contributed by atoms with van der Waals surface area (Å²) in [5.74, 6) is 0.740. The Morgan fingerprint density at radius 2 is 1.94 bits per heavy atom. The van der Waals surface area contributed by atoms with Crippen molar-refractivity contribution >= 4 is 17.7 Å². The lowest BCUT2D eigenvalue weighted by atomic mass is 10.1. The van der Waals surface area contributed by atoms with Crippen LogP contribution in [0.3, 0.4) is 0 Å². The summed E-state index contributed by atoms with van der Waals surface area (Å²) in [6, 6.07) is 0. The molecule has 17 heavy (non-hydrogen) atoms. The predicted molar refractivity (Wildman–Crippen MR) is 67.6 cm³/mol. The molecule has 0 radical (unpaired) electrons. The second-order valence-electron chi connectivity index (χ2n) is 4.17. The lowest BCUT2D eigenvalue weighted by Crippen LogP contribution is -2.26. The molecule has 0 saturated heterocycles. The first kappa shape index (κ1) is 16.7. The molecule has 0 heterocycles. The first-order valence-corrected chi connectivity index (χ1v) is 7.10. The highest BCUT2D eigenvalue weighted by Gasteiger charge is 2.23. The van der Waals surface area contributed by atoms with Crippen molar-refractivity contribution in [3.63, 3.8) is 0 Å². The molecule has 5 heteroatoms. The molecular weight excluding hydrogens is 246 g/mol. The van der Waals surface area contributed by atoms with Gasteiger partial charge in [0.1, 0.15) is 5.25 Å². The minimum absolute atomic E-state index is 0.0493. The Kier molecular flexibility index (Phi) is 9.50. The number of ether oxygens (including phenoxy) is 1. The number of carbonyl (C=O) groups excluding carboxylic acids is 1. The fourth-order valence-corrected chi connectivity index (χ4v) is 2.58. The van der Waals surface area contributed by atoms with E-state index in [0.717, 1.165) is 12.2 Å². The van der Waals surface area contributed by atoms with Crippen LogP contribution in [0.15, 0.2) is 0 Å². The van der Waals surface area contributed by atoms with E-state index in [1.807, 2.05) is 13.8 Å². The van der Waals surface area contributed by atoms with Gasteiger partial charge in [-0.2, -0.15) is 0 Å². The van der Waals surface area contributed by atoms with Gasteiger partial charge in [-0.25, -0.2) is 8.78 Å². The number of hydrogen-bond donors (Lipinski definition) is 0. The molecule has 0 spiro atoms. The molecule has 0 N–H and O–H groups in total. The van der Waals surface area contributed by atoms with Gasteiger partial charge in [-0.05, 0) is 31.4 Å². The highest BCUT2D eigenvalue weighted by molar-refractivity contribution is 8.00. The van der Waals surface area contributed by atoms with Gasteiger partial charge in [-0.1, -0.05) is 13.8 Å². The van der Waals surface area contributed by atoms with Crippen LogP contribution >= 0.6 is 11.8 Å². The normalized spacial score (nSPS) is 13.1. The second kappa shape index (κ2) is 9.68. The van der Waals surface area contributed by atoms with E-state index in [1.54, 1.807) is 6.92 Å². The van der Waals surface area contributed by atoms with Gasteiger partial charge in [-0.15, -0.1) is 11.8 Å². The Hall–Kier alpha value is -0.320. The number of esters is 1. The number of alkyl halides is 2. The van der Waals surface area contributed by atoms with Crippen molar-refractivity contribution in [2.45, 2.75) is 51.7 Å². The van der Waals surface area contributed by atoms with Crippen LogP contribution in [0.4, 0.5) is 8.78 Å². The smallest absolute Gasteiger partial charge is 0.319 e. The Morgan fingerprint density at radius 3 is 2.41 bits per heavy atom. The molecule has 0 amide bonds. The van der Waals surface area contributed by atoms with Crippen LogP contribution in [0.5, 0.6) is 0 Å². The lowest BCUT2D eigenvalue weighted by molar-refractivity contribution is -0.143. The molecular formula is C12H22F2O2S. The van der Waals surface area contributed by atoms with Crippen LogP contribution < -0.4 is 0 Å². The molecule has 0 aromatic heterocycles. The van der Waals surface area contributed by atoms with Gasteiger partial charge < -0.3 is 4.74 Å². The quantitative estimate of drug-likeness (QED) is 0.470. The van der Waals surface area contributed by atoms with E-state index in [0.29, 0.717) is 13.0 Å². The summed E-state index contributed by atoms with van der Waals surface area (Å²) >= 11 is 1.51. The molecule has 0 fully saturated rings. The fraction of sp³-hybridized carbons (Fsp3) is 0.917. The van der Waals surface area contributed by atoms with Gasteiger partial charge in [0, 0.05) is 6.42 Å². The maximum absolute atomic E-state index is 11.9. The number of hydrogen-bond acceptors (Lipinski definition) is 3. The average molecular weight is 268 g/mol. The Morgan fingerprint density at radius 1 is 1.29 bits per heavy atom. The summed E-state index contributed by atoms with van der Waals surface area (Å²) in [6.07, 6.45) is -1.03. The van der Waals surface area contributed by atoms with E-state index in [4.69, 9.17) is 4.74 Å². The highest BCUT2D eigenvalue weighted by atomic mass is 32.2. The summed E-state index contributed by atoms with van der Waals surface area (Å²) in [6.45, 7) is 6.10. The fourth-order valence-electron chi connectivity index (χ4n) is 1.37. The Balaban J connectivity index is 3.82. The molecule has 2 nitrogen and oxygen atoms in total. The molecule has 0 bridgehead atoms. The number of thioether (sulfide) groups is 1. The topological polar surface area (TPSA) is 26.3 Å². The van der Waals surface area contributed by atoms with Crippen LogP contribution in [0.1, 0.15) is 40.0 Å². The molecule has 0 aliphatic heterocycles. The zero-order chi connectivity index (χ0) is 13.3. The van der Waals surface area contributed by atoms with E-state index < -0.39 is 6.43 Å². The SMILES string of the molecule is CCOC(=O)C(SCCCCC(F)F)C(C)C. The number of rotatable bonds is 9. The van der Waals surface area contributed by atoms with E-state index in [2.05, 4.69) is 0 Å².